The quantitative estimate of drug-likeness (QED) is 0.401. The fourth-order valence-corrected chi connectivity index (χ4v) is 3.00. The Labute approximate surface area is 134 Å². The Morgan fingerprint density at radius 2 is 0.905 bits per heavy atom. The molecular weight excluding hydrogens is 256 g/mol. The van der Waals surface area contributed by atoms with Crippen LogP contribution < -0.4 is 10.6 Å². The summed E-state index contributed by atoms with van der Waals surface area (Å²) < 4.78 is 0. The number of hydrogen-bond acceptors (Lipinski definition) is 2. The summed E-state index contributed by atoms with van der Waals surface area (Å²) in [6.07, 6.45) is 2.65. The van der Waals surface area contributed by atoms with Crippen LogP contribution in [-0.2, 0) is 0 Å². The number of nitrogens with one attached hydrogen (secondary N) is 2. The van der Waals surface area contributed by atoms with Crippen molar-refractivity contribution in [3.8, 4) is 0 Å². The van der Waals surface area contributed by atoms with E-state index in [9.17, 15) is 0 Å². The molecule has 0 aliphatic rings. The van der Waals surface area contributed by atoms with Crippen LogP contribution in [0.25, 0.3) is 0 Å². The van der Waals surface area contributed by atoms with Crippen molar-refractivity contribution in [3.63, 3.8) is 0 Å². The van der Waals surface area contributed by atoms with Crippen LogP contribution in [0.2, 0.25) is 0 Å². The van der Waals surface area contributed by atoms with Crippen molar-refractivity contribution < 1.29 is 0 Å². The molecule has 0 saturated carbocycles. The van der Waals surface area contributed by atoms with Gasteiger partial charge in [0.05, 0.1) is 0 Å². The molecular formula is C19H42N2. The Balaban J connectivity index is 3.91. The van der Waals surface area contributed by atoms with Gasteiger partial charge in [-0.25, -0.2) is 0 Å². The van der Waals surface area contributed by atoms with Gasteiger partial charge in [0.1, 0.15) is 0 Å². The van der Waals surface area contributed by atoms with Crippen LogP contribution in [0.3, 0.4) is 0 Å². The Morgan fingerprint density at radius 3 is 1.14 bits per heavy atom. The Hall–Kier alpha value is -0.0800. The van der Waals surface area contributed by atoms with Gasteiger partial charge < -0.3 is 10.6 Å². The van der Waals surface area contributed by atoms with Crippen molar-refractivity contribution in [2.75, 3.05) is 19.8 Å². The van der Waals surface area contributed by atoms with Crippen LogP contribution in [-0.4, -0.2) is 19.8 Å². The fourth-order valence-electron chi connectivity index (χ4n) is 3.00. The molecule has 0 amide bonds. The molecule has 128 valence electrons. The number of hydrogen-bond donors (Lipinski definition) is 2. The summed E-state index contributed by atoms with van der Waals surface area (Å²) in [5.74, 6) is 4.72. The maximum Gasteiger partial charge on any atom is 0.0454 e. The molecule has 0 rings (SSSR count). The van der Waals surface area contributed by atoms with Gasteiger partial charge in [-0.1, -0.05) is 55.4 Å². The van der Waals surface area contributed by atoms with Crippen molar-refractivity contribution in [2.45, 2.75) is 68.2 Å². The van der Waals surface area contributed by atoms with Crippen LogP contribution >= 0.6 is 0 Å². The third kappa shape index (κ3) is 11.2. The SMILES string of the molecule is CC(C)CC(CNCNCC(CC(C)C)C(C)C)C(C)C. The maximum absolute atomic E-state index is 3.61. The largest absolute Gasteiger partial charge is 0.304 e. The summed E-state index contributed by atoms with van der Waals surface area (Å²) in [6.45, 7) is 21.9. The second-order valence-electron chi connectivity index (χ2n) is 8.35. The molecule has 2 heteroatoms. The van der Waals surface area contributed by atoms with Gasteiger partial charge in [0.15, 0.2) is 0 Å². The minimum absolute atomic E-state index is 0.768. The van der Waals surface area contributed by atoms with Crippen LogP contribution in [0.4, 0.5) is 0 Å². The zero-order valence-corrected chi connectivity index (χ0v) is 16.0. The summed E-state index contributed by atoms with van der Waals surface area (Å²) in [6, 6.07) is 0. The average molecular weight is 299 g/mol. The molecule has 0 fully saturated rings. The van der Waals surface area contributed by atoms with E-state index >= 15 is 0 Å². The number of rotatable bonds is 12. The van der Waals surface area contributed by atoms with Crippen molar-refractivity contribution >= 4 is 0 Å². The molecule has 0 spiro atoms. The molecule has 0 heterocycles. The zero-order valence-electron chi connectivity index (χ0n) is 16.0. The van der Waals surface area contributed by atoms with Gasteiger partial charge in [0, 0.05) is 6.67 Å². The highest BCUT2D eigenvalue weighted by Crippen LogP contribution is 2.20. The molecule has 0 bridgehead atoms. The van der Waals surface area contributed by atoms with E-state index < -0.39 is 0 Å². The Bertz CT molecular complexity index is 210. The van der Waals surface area contributed by atoms with Crippen molar-refractivity contribution in [2.24, 2.45) is 35.5 Å². The molecule has 0 aromatic rings. The van der Waals surface area contributed by atoms with E-state index in [1.165, 1.54) is 12.8 Å². The minimum Gasteiger partial charge on any atom is -0.304 e. The summed E-state index contributed by atoms with van der Waals surface area (Å²) in [4.78, 5) is 0. The van der Waals surface area contributed by atoms with E-state index in [4.69, 9.17) is 0 Å². The molecule has 2 atom stereocenters. The van der Waals surface area contributed by atoms with Crippen molar-refractivity contribution in [1.82, 2.24) is 10.6 Å². The van der Waals surface area contributed by atoms with E-state index in [1.54, 1.807) is 0 Å². The van der Waals surface area contributed by atoms with E-state index in [0.29, 0.717) is 0 Å². The summed E-state index contributed by atoms with van der Waals surface area (Å²) >= 11 is 0. The van der Waals surface area contributed by atoms with Gasteiger partial charge in [0.2, 0.25) is 0 Å². The molecule has 0 aromatic carbocycles. The van der Waals surface area contributed by atoms with Crippen LogP contribution in [0.5, 0.6) is 0 Å². The topological polar surface area (TPSA) is 24.1 Å². The Kier molecular flexibility index (Phi) is 11.4. The smallest absolute Gasteiger partial charge is 0.0454 e. The summed E-state index contributed by atoms with van der Waals surface area (Å²) in [7, 11) is 0. The fraction of sp³-hybridized carbons (Fsp3) is 1.00. The van der Waals surface area contributed by atoms with Gasteiger partial charge in [-0.2, -0.15) is 0 Å². The molecule has 2 nitrogen and oxygen atoms in total. The van der Waals surface area contributed by atoms with Crippen LogP contribution in [0.1, 0.15) is 68.2 Å². The van der Waals surface area contributed by atoms with E-state index in [0.717, 1.165) is 55.3 Å². The summed E-state index contributed by atoms with van der Waals surface area (Å²) in [5.41, 5.74) is 0. The zero-order chi connectivity index (χ0) is 16.4. The first-order valence-electron chi connectivity index (χ1n) is 9.15. The van der Waals surface area contributed by atoms with Crippen molar-refractivity contribution in [1.29, 1.82) is 0 Å². The first-order chi connectivity index (χ1) is 9.73. The molecule has 0 radical (unpaired) electrons. The molecule has 2 N–H and O–H groups in total. The maximum atomic E-state index is 3.61. The lowest BCUT2D eigenvalue weighted by Gasteiger charge is -2.25. The third-order valence-electron chi connectivity index (χ3n) is 4.50. The second-order valence-corrected chi connectivity index (χ2v) is 8.35. The van der Waals surface area contributed by atoms with Crippen LogP contribution in [0, 0.1) is 35.5 Å². The predicted octanol–water partition coefficient (Wildman–Crippen LogP) is 4.76. The minimum atomic E-state index is 0.768. The average Bonchev–Trinajstić information content (AvgIpc) is 2.34. The first kappa shape index (κ1) is 20.9. The molecule has 21 heavy (non-hydrogen) atoms. The first-order valence-corrected chi connectivity index (χ1v) is 9.15. The van der Waals surface area contributed by atoms with Gasteiger partial charge in [-0.15, -0.1) is 0 Å². The van der Waals surface area contributed by atoms with Gasteiger partial charge in [0.25, 0.3) is 0 Å². The standard InChI is InChI=1S/C19H42N2/c1-14(2)9-18(16(5)6)11-20-13-21-12-19(17(7)8)10-15(3)4/h14-21H,9-13H2,1-8H3. The highest BCUT2D eigenvalue weighted by molar-refractivity contribution is 4.70. The molecule has 0 aromatic heterocycles. The molecule has 0 aliphatic heterocycles. The van der Waals surface area contributed by atoms with Crippen LogP contribution in [0.15, 0.2) is 0 Å². The van der Waals surface area contributed by atoms with Crippen molar-refractivity contribution in [3.05, 3.63) is 0 Å². The molecule has 0 aliphatic carbocycles. The van der Waals surface area contributed by atoms with E-state index in [2.05, 4.69) is 66.0 Å². The highest BCUT2D eigenvalue weighted by Gasteiger charge is 2.16. The van der Waals surface area contributed by atoms with Gasteiger partial charge in [-0.05, 0) is 61.4 Å². The normalized spacial score (nSPS) is 15.4. The van der Waals surface area contributed by atoms with E-state index in [1.807, 2.05) is 0 Å². The van der Waals surface area contributed by atoms with Gasteiger partial charge >= 0.3 is 0 Å². The monoisotopic (exact) mass is 298 g/mol. The lowest BCUT2D eigenvalue weighted by Crippen LogP contribution is -2.37. The third-order valence-corrected chi connectivity index (χ3v) is 4.50. The predicted molar refractivity (Wildman–Crippen MR) is 96.4 cm³/mol. The summed E-state index contributed by atoms with van der Waals surface area (Å²) in [5, 5.41) is 7.22. The second kappa shape index (κ2) is 11.5. The lowest BCUT2D eigenvalue weighted by atomic mass is 9.87. The Morgan fingerprint density at radius 1 is 0.571 bits per heavy atom. The lowest BCUT2D eigenvalue weighted by molar-refractivity contribution is 0.283. The van der Waals surface area contributed by atoms with E-state index in [-0.39, 0.29) is 0 Å². The molecule has 0 saturated heterocycles. The van der Waals surface area contributed by atoms with Gasteiger partial charge in [-0.3, -0.25) is 0 Å². The molecule has 2 unspecified atom stereocenters. The highest BCUT2D eigenvalue weighted by atomic mass is 15.1.